The molecule has 1 N–H and O–H groups in total. The molecule has 0 aliphatic carbocycles. The lowest BCUT2D eigenvalue weighted by atomic mass is 10.1. The van der Waals surface area contributed by atoms with Crippen LogP contribution in [0.4, 0.5) is 0 Å². The van der Waals surface area contributed by atoms with Gasteiger partial charge in [-0.3, -0.25) is 4.79 Å². The predicted octanol–water partition coefficient (Wildman–Crippen LogP) is 0.935. The Bertz CT molecular complexity index is 379. The third-order valence-electron chi connectivity index (χ3n) is 1.36. The molecule has 0 saturated carbocycles. The molecule has 0 radical (unpaired) electrons. The predicted molar refractivity (Wildman–Crippen MR) is 46.3 cm³/mol. The van der Waals surface area contributed by atoms with Crippen LogP contribution in [0.3, 0.4) is 0 Å². The van der Waals surface area contributed by atoms with Crippen LogP contribution < -0.4 is 0 Å². The van der Waals surface area contributed by atoms with E-state index in [2.05, 4.69) is 5.92 Å². The van der Waals surface area contributed by atoms with E-state index in [0.717, 1.165) is 0 Å². The molecule has 1 aromatic rings. The molecule has 3 nitrogen and oxygen atoms in total. The number of carboxylic acid groups (broad SMARTS) is 1. The Morgan fingerprint density at radius 3 is 2.38 bits per heavy atom. The number of aliphatic carboxylic acids is 1. The van der Waals surface area contributed by atoms with Crippen molar-refractivity contribution < 1.29 is 14.7 Å². The van der Waals surface area contributed by atoms with Gasteiger partial charge in [0.2, 0.25) is 0 Å². The number of hydrogen-bond donors (Lipinski definition) is 1. The molecular formula is C10H6O3. The highest BCUT2D eigenvalue weighted by Crippen LogP contribution is 2.00. The second-order valence-corrected chi connectivity index (χ2v) is 2.30. The minimum Gasteiger partial charge on any atom is -0.472 e. The summed E-state index contributed by atoms with van der Waals surface area (Å²) < 4.78 is 0. The molecule has 0 aromatic heterocycles. The zero-order valence-electron chi connectivity index (χ0n) is 6.65. The molecule has 0 atom stereocenters. The summed E-state index contributed by atoms with van der Waals surface area (Å²) in [6.45, 7) is 0. The standard InChI is InChI=1S/C10H6O3/c11-7-9-3-1-8(2-4-9)5-6-10(12)13/h1-4,7H,(H,12,13). The fraction of sp³-hybridized carbons (Fsp3) is 0. The van der Waals surface area contributed by atoms with Gasteiger partial charge in [0.1, 0.15) is 6.29 Å². The maximum atomic E-state index is 10.3. The van der Waals surface area contributed by atoms with Crippen molar-refractivity contribution in [1.29, 1.82) is 0 Å². The number of rotatable bonds is 1. The Kier molecular flexibility index (Phi) is 2.82. The summed E-state index contributed by atoms with van der Waals surface area (Å²) in [5.74, 6) is 3.24. The average molecular weight is 174 g/mol. The summed E-state index contributed by atoms with van der Waals surface area (Å²) >= 11 is 0. The molecule has 0 heterocycles. The van der Waals surface area contributed by atoms with Gasteiger partial charge in [-0.2, -0.15) is 0 Å². The van der Waals surface area contributed by atoms with E-state index in [-0.39, 0.29) is 0 Å². The Labute approximate surface area is 75.0 Å². The molecule has 0 aliphatic heterocycles. The zero-order valence-corrected chi connectivity index (χ0v) is 6.65. The summed E-state index contributed by atoms with van der Waals surface area (Å²) in [6.07, 6.45) is 0.717. The van der Waals surface area contributed by atoms with E-state index >= 15 is 0 Å². The van der Waals surface area contributed by atoms with Crippen LogP contribution >= 0.6 is 0 Å². The van der Waals surface area contributed by atoms with Gasteiger partial charge < -0.3 is 5.11 Å². The molecule has 0 spiro atoms. The van der Waals surface area contributed by atoms with E-state index in [1.54, 1.807) is 24.3 Å². The highest BCUT2D eigenvalue weighted by Gasteiger charge is 1.90. The van der Waals surface area contributed by atoms with Gasteiger partial charge in [0, 0.05) is 17.0 Å². The SMILES string of the molecule is O=Cc1ccc(C#CC(=O)O)cc1. The maximum absolute atomic E-state index is 10.3. The number of carboxylic acids is 1. The van der Waals surface area contributed by atoms with Crippen LogP contribution in [-0.4, -0.2) is 17.4 Å². The van der Waals surface area contributed by atoms with Gasteiger partial charge in [-0.15, -0.1) is 0 Å². The molecular weight excluding hydrogens is 168 g/mol. The normalized spacial score (nSPS) is 8.31. The summed E-state index contributed by atoms with van der Waals surface area (Å²) in [5.41, 5.74) is 1.12. The van der Waals surface area contributed by atoms with Gasteiger partial charge in [0.15, 0.2) is 0 Å². The number of benzene rings is 1. The average Bonchev–Trinajstić information content (AvgIpc) is 2.15. The topological polar surface area (TPSA) is 54.4 Å². The van der Waals surface area contributed by atoms with E-state index in [9.17, 15) is 9.59 Å². The summed E-state index contributed by atoms with van der Waals surface area (Å²) in [6, 6.07) is 6.36. The first-order valence-electron chi connectivity index (χ1n) is 3.52. The second kappa shape index (κ2) is 4.07. The van der Waals surface area contributed by atoms with E-state index < -0.39 is 5.97 Å². The van der Waals surface area contributed by atoms with E-state index in [4.69, 9.17) is 5.11 Å². The first-order valence-corrected chi connectivity index (χ1v) is 3.52. The van der Waals surface area contributed by atoms with Crippen molar-refractivity contribution in [2.24, 2.45) is 0 Å². The van der Waals surface area contributed by atoms with Gasteiger partial charge in [0.05, 0.1) is 0 Å². The molecule has 0 amide bonds. The monoisotopic (exact) mass is 174 g/mol. The van der Waals surface area contributed by atoms with Crippen molar-refractivity contribution in [3.8, 4) is 11.8 Å². The van der Waals surface area contributed by atoms with Crippen LogP contribution in [0.2, 0.25) is 0 Å². The molecule has 0 unspecified atom stereocenters. The van der Waals surface area contributed by atoms with Crippen molar-refractivity contribution in [3.05, 3.63) is 35.4 Å². The molecule has 13 heavy (non-hydrogen) atoms. The maximum Gasteiger partial charge on any atom is 0.382 e. The third kappa shape index (κ3) is 2.80. The largest absolute Gasteiger partial charge is 0.472 e. The fourth-order valence-corrected chi connectivity index (χ4v) is 0.771. The highest BCUT2D eigenvalue weighted by molar-refractivity contribution is 5.87. The molecule has 3 heteroatoms. The number of hydrogen-bond acceptors (Lipinski definition) is 2. The summed E-state index contributed by atoms with van der Waals surface area (Å²) in [5, 5.41) is 8.25. The van der Waals surface area contributed by atoms with Crippen LogP contribution in [0.1, 0.15) is 15.9 Å². The van der Waals surface area contributed by atoms with Crippen molar-refractivity contribution in [3.63, 3.8) is 0 Å². The quantitative estimate of drug-likeness (QED) is 0.509. The molecule has 64 valence electrons. The van der Waals surface area contributed by atoms with Crippen LogP contribution in [-0.2, 0) is 4.79 Å². The van der Waals surface area contributed by atoms with E-state index in [0.29, 0.717) is 17.4 Å². The Hall–Kier alpha value is -2.08. The van der Waals surface area contributed by atoms with Crippen LogP contribution in [0.5, 0.6) is 0 Å². The van der Waals surface area contributed by atoms with Gasteiger partial charge in [0.25, 0.3) is 0 Å². The summed E-state index contributed by atoms with van der Waals surface area (Å²) in [4.78, 5) is 20.3. The molecule has 0 aliphatic rings. The number of carbonyl (C=O) groups is 2. The van der Waals surface area contributed by atoms with E-state index in [1.165, 1.54) is 0 Å². The Morgan fingerprint density at radius 2 is 1.92 bits per heavy atom. The molecule has 0 saturated heterocycles. The second-order valence-electron chi connectivity index (χ2n) is 2.30. The number of carbonyl (C=O) groups excluding carboxylic acids is 1. The zero-order chi connectivity index (χ0) is 9.68. The highest BCUT2D eigenvalue weighted by atomic mass is 16.4. The van der Waals surface area contributed by atoms with Crippen LogP contribution in [0.25, 0.3) is 0 Å². The first kappa shape index (κ1) is 9.01. The van der Waals surface area contributed by atoms with Crippen LogP contribution in [0, 0.1) is 11.8 Å². The minimum atomic E-state index is -1.17. The van der Waals surface area contributed by atoms with E-state index in [1.807, 2.05) is 5.92 Å². The summed E-state index contributed by atoms with van der Waals surface area (Å²) in [7, 11) is 0. The number of aldehydes is 1. The van der Waals surface area contributed by atoms with Crippen LogP contribution in [0.15, 0.2) is 24.3 Å². The van der Waals surface area contributed by atoms with Gasteiger partial charge in [-0.1, -0.05) is 18.1 Å². The Balaban J connectivity index is 2.88. The lowest BCUT2D eigenvalue weighted by Crippen LogP contribution is -1.87. The lowest BCUT2D eigenvalue weighted by Gasteiger charge is -1.89. The third-order valence-corrected chi connectivity index (χ3v) is 1.36. The molecule has 0 fully saturated rings. The molecule has 0 bridgehead atoms. The van der Waals surface area contributed by atoms with Crippen molar-refractivity contribution >= 4 is 12.3 Å². The van der Waals surface area contributed by atoms with Gasteiger partial charge in [-0.25, -0.2) is 4.79 Å². The smallest absolute Gasteiger partial charge is 0.382 e. The van der Waals surface area contributed by atoms with Gasteiger partial charge >= 0.3 is 5.97 Å². The molecule has 1 aromatic carbocycles. The Morgan fingerprint density at radius 1 is 1.31 bits per heavy atom. The first-order chi connectivity index (χ1) is 6.22. The van der Waals surface area contributed by atoms with Crippen molar-refractivity contribution in [2.45, 2.75) is 0 Å². The fourth-order valence-electron chi connectivity index (χ4n) is 0.771. The molecule has 1 rings (SSSR count). The van der Waals surface area contributed by atoms with Crippen molar-refractivity contribution in [1.82, 2.24) is 0 Å². The lowest BCUT2D eigenvalue weighted by molar-refractivity contribution is -0.130. The van der Waals surface area contributed by atoms with Gasteiger partial charge in [-0.05, 0) is 12.1 Å². The van der Waals surface area contributed by atoms with Crippen molar-refractivity contribution in [2.75, 3.05) is 0 Å². The minimum absolute atomic E-state index is 0.542.